The number of benzene rings is 1. The summed E-state index contributed by atoms with van der Waals surface area (Å²) < 4.78 is 0. The minimum absolute atomic E-state index is 0.0956. The maximum atomic E-state index is 12.1. The van der Waals surface area contributed by atoms with Gasteiger partial charge in [0, 0.05) is 12.4 Å². The Morgan fingerprint density at radius 1 is 1.42 bits per heavy atom. The number of aromatic amines is 1. The van der Waals surface area contributed by atoms with Gasteiger partial charge in [-0.25, -0.2) is 9.97 Å². The molecule has 0 bridgehead atoms. The van der Waals surface area contributed by atoms with Gasteiger partial charge >= 0.3 is 0 Å². The second-order valence-electron chi connectivity index (χ2n) is 4.24. The highest BCUT2D eigenvalue weighted by Crippen LogP contribution is 2.12. The average molecular weight is 272 g/mol. The molecular weight excluding hydrogens is 260 g/mol. The molecule has 5 nitrogen and oxygen atoms in total. The number of hydrogen-bond donors (Lipinski definition) is 1. The number of nitrogens with zero attached hydrogens (tertiary/aromatic N) is 3. The fourth-order valence-electron chi connectivity index (χ4n) is 1.89. The van der Waals surface area contributed by atoms with Gasteiger partial charge < -0.3 is 9.88 Å². The van der Waals surface area contributed by atoms with E-state index in [0.717, 1.165) is 16.9 Å². The van der Waals surface area contributed by atoms with E-state index in [1.165, 1.54) is 11.3 Å². The third kappa shape index (κ3) is 2.34. The van der Waals surface area contributed by atoms with Crippen LogP contribution in [0.25, 0.3) is 11.0 Å². The van der Waals surface area contributed by atoms with E-state index < -0.39 is 0 Å². The van der Waals surface area contributed by atoms with Crippen LogP contribution in [0.1, 0.15) is 16.3 Å². The molecule has 0 aliphatic rings. The lowest BCUT2D eigenvalue weighted by atomic mass is 10.3. The van der Waals surface area contributed by atoms with Crippen LogP contribution in [-0.4, -0.2) is 32.8 Å². The van der Waals surface area contributed by atoms with Crippen LogP contribution < -0.4 is 0 Å². The Bertz CT molecular complexity index is 671. The summed E-state index contributed by atoms with van der Waals surface area (Å²) in [6, 6.07) is 7.80. The highest BCUT2D eigenvalue weighted by atomic mass is 32.1. The van der Waals surface area contributed by atoms with E-state index in [2.05, 4.69) is 15.0 Å². The van der Waals surface area contributed by atoms with Crippen LogP contribution in [0, 0.1) is 0 Å². The molecule has 0 spiro atoms. The summed E-state index contributed by atoms with van der Waals surface area (Å²) in [4.78, 5) is 25.3. The molecule has 0 fully saturated rings. The predicted octanol–water partition coefficient (Wildman–Crippen LogP) is 2.29. The molecule has 0 saturated heterocycles. The van der Waals surface area contributed by atoms with Gasteiger partial charge in [-0.1, -0.05) is 12.1 Å². The smallest absolute Gasteiger partial charge is 0.273 e. The zero-order chi connectivity index (χ0) is 13.2. The van der Waals surface area contributed by atoms with Crippen LogP contribution in [0.5, 0.6) is 0 Å². The first-order valence-corrected chi connectivity index (χ1v) is 6.75. The van der Waals surface area contributed by atoms with Crippen LogP contribution in [-0.2, 0) is 6.54 Å². The number of carbonyl (C=O) groups is 1. The number of imidazole rings is 1. The molecule has 19 heavy (non-hydrogen) atoms. The van der Waals surface area contributed by atoms with Gasteiger partial charge in [0.1, 0.15) is 11.5 Å². The number of para-hydroxylation sites is 2. The number of nitrogens with one attached hydrogen (secondary N) is 1. The van der Waals surface area contributed by atoms with Crippen molar-refractivity contribution < 1.29 is 4.79 Å². The molecule has 2 heterocycles. The number of rotatable bonds is 3. The average Bonchev–Trinajstić information content (AvgIpc) is 3.06. The van der Waals surface area contributed by atoms with Gasteiger partial charge in [0.2, 0.25) is 0 Å². The molecule has 0 radical (unpaired) electrons. The number of thiazole rings is 1. The summed E-state index contributed by atoms with van der Waals surface area (Å²) in [7, 11) is 1.74. The van der Waals surface area contributed by atoms with E-state index in [1.807, 2.05) is 24.3 Å². The molecule has 0 aliphatic heterocycles. The Kier molecular flexibility index (Phi) is 3.00. The van der Waals surface area contributed by atoms with Crippen molar-refractivity contribution in [3.63, 3.8) is 0 Å². The van der Waals surface area contributed by atoms with Crippen LogP contribution in [0.4, 0.5) is 0 Å². The topological polar surface area (TPSA) is 61.9 Å². The molecular formula is C13H12N4OS. The summed E-state index contributed by atoms with van der Waals surface area (Å²) in [5.74, 6) is 0.675. The van der Waals surface area contributed by atoms with E-state index in [9.17, 15) is 4.79 Å². The van der Waals surface area contributed by atoms with E-state index in [-0.39, 0.29) is 5.91 Å². The first-order chi connectivity index (χ1) is 9.24. The second-order valence-corrected chi connectivity index (χ2v) is 4.95. The zero-order valence-electron chi connectivity index (χ0n) is 10.3. The third-order valence-corrected chi connectivity index (χ3v) is 3.41. The number of aromatic nitrogens is 3. The van der Waals surface area contributed by atoms with E-state index >= 15 is 0 Å². The van der Waals surface area contributed by atoms with Crippen molar-refractivity contribution in [1.82, 2.24) is 19.9 Å². The van der Waals surface area contributed by atoms with Gasteiger partial charge in [-0.15, -0.1) is 11.3 Å². The van der Waals surface area contributed by atoms with Gasteiger partial charge in [-0.3, -0.25) is 4.79 Å². The summed E-state index contributed by atoms with van der Waals surface area (Å²) >= 11 is 1.41. The molecule has 0 unspecified atom stereocenters. The summed E-state index contributed by atoms with van der Waals surface area (Å²) in [6.45, 7) is 0.436. The van der Waals surface area contributed by atoms with Crippen LogP contribution in [0.3, 0.4) is 0 Å². The van der Waals surface area contributed by atoms with Gasteiger partial charge in [-0.05, 0) is 12.1 Å². The molecule has 0 saturated carbocycles. The van der Waals surface area contributed by atoms with Gasteiger partial charge in [0.25, 0.3) is 5.91 Å². The quantitative estimate of drug-likeness (QED) is 0.795. The molecule has 3 aromatic rings. The number of fused-ring (bicyclic) bond motifs is 1. The third-order valence-electron chi connectivity index (χ3n) is 2.82. The minimum atomic E-state index is -0.0956. The molecule has 6 heteroatoms. The van der Waals surface area contributed by atoms with Crippen molar-refractivity contribution in [2.45, 2.75) is 6.54 Å². The lowest BCUT2D eigenvalue weighted by Crippen LogP contribution is -2.26. The highest BCUT2D eigenvalue weighted by Gasteiger charge is 2.15. The van der Waals surface area contributed by atoms with Gasteiger partial charge in [0.15, 0.2) is 0 Å². The monoisotopic (exact) mass is 272 g/mol. The van der Waals surface area contributed by atoms with E-state index in [4.69, 9.17) is 0 Å². The Labute approximate surface area is 113 Å². The summed E-state index contributed by atoms with van der Waals surface area (Å²) in [6.07, 6.45) is 0. The lowest BCUT2D eigenvalue weighted by molar-refractivity contribution is 0.0777. The normalized spacial score (nSPS) is 10.8. The zero-order valence-corrected chi connectivity index (χ0v) is 11.1. The maximum absolute atomic E-state index is 12.1. The predicted molar refractivity (Wildman–Crippen MR) is 74.0 cm³/mol. The first-order valence-electron chi connectivity index (χ1n) is 5.81. The van der Waals surface area contributed by atoms with Gasteiger partial charge in [0.05, 0.1) is 23.1 Å². The Hall–Kier alpha value is -2.21. The standard InChI is InChI=1S/C13H12N4OS/c1-17(13(18)11-7-19-8-14-11)6-12-15-9-4-2-3-5-10(9)16-12/h2-5,7-8H,6H2,1H3,(H,15,16). The molecule has 0 aliphatic carbocycles. The molecule has 1 amide bonds. The highest BCUT2D eigenvalue weighted by molar-refractivity contribution is 7.07. The Morgan fingerprint density at radius 3 is 3.00 bits per heavy atom. The van der Waals surface area contributed by atoms with Crippen molar-refractivity contribution in [3.8, 4) is 0 Å². The van der Waals surface area contributed by atoms with Crippen molar-refractivity contribution in [1.29, 1.82) is 0 Å². The van der Waals surface area contributed by atoms with E-state index in [1.54, 1.807) is 22.8 Å². The number of amides is 1. The molecule has 0 atom stereocenters. The van der Waals surface area contributed by atoms with Gasteiger partial charge in [-0.2, -0.15) is 0 Å². The fourth-order valence-corrected chi connectivity index (χ4v) is 2.42. The minimum Gasteiger partial charge on any atom is -0.340 e. The maximum Gasteiger partial charge on any atom is 0.273 e. The number of H-pyrrole nitrogens is 1. The molecule has 1 N–H and O–H groups in total. The Morgan fingerprint density at radius 2 is 2.26 bits per heavy atom. The summed E-state index contributed by atoms with van der Waals surface area (Å²) in [5, 5.41) is 1.75. The Balaban J connectivity index is 1.79. The van der Waals surface area contributed by atoms with Crippen LogP contribution in [0.2, 0.25) is 0 Å². The van der Waals surface area contributed by atoms with Crippen molar-refractivity contribution in [3.05, 3.63) is 46.7 Å². The fraction of sp³-hybridized carbons (Fsp3) is 0.154. The van der Waals surface area contributed by atoms with Crippen molar-refractivity contribution in [2.75, 3.05) is 7.05 Å². The number of hydrogen-bond acceptors (Lipinski definition) is 4. The molecule has 96 valence electrons. The van der Waals surface area contributed by atoms with Crippen molar-refractivity contribution in [2.24, 2.45) is 0 Å². The van der Waals surface area contributed by atoms with Crippen LogP contribution >= 0.6 is 11.3 Å². The molecule has 2 aromatic heterocycles. The van der Waals surface area contributed by atoms with E-state index in [0.29, 0.717) is 12.2 Å². The van der Waals surface area contributed by atoms with Crippen molar-refractivity contribution >= 4 is 28.3 Å². The first kappa shape index (κ1) is 11.9. The SMILES string of the molecule is CN(Cc1nc2ccccc2[nH]1)C(=O)c1cscn1. The molecule has 1 aromatic carbocycles. The lowest BCUT2D eigenvalue weighted by Gasteiger charge is -2.13. The largest absolute Gasteiger partial charge is 0.340 e. The molecule has 3 rings (SSSR count). The number of carbonyl (C=O) groups excluding carboxylic acids is 1. The second kappa shape index (κ2) is 4.81. The summed E-state index contributed by atoms with van der Waals surface area (Å²) in [5.41, 5.74) is 4.02. The van der Waals surface area contributed by atoms with Crippen LogP contribution in [0.15, 0.2) is 35.2 Å².